The summed E-state index contributed by atoms with van der Waals surface area (Å²) in [5, 5.41) is 13.1. The Balaban J connectivity index is 1.55. The van der Waals surface area contributed by atoms with Crippen molar-refractivity contribution in [1.82, 2.24) is 39.7 Å². The fourth-order valence-corrected chi connectivity index (χ4v) is 6.50. The van der Waals surface area contributed by atoms with E-state index in [1.54, 1.807) is 77.8 Å². The lowest BCUT2D eigenvalue weighted by atomic mass is 9.83. The third-order valence-corrected chi connectivity index (χ3v) is 9.04. The van der Waals surface area contributed by atoms with Gasteiger partial charge in [0.1, 0.15) is 23.6 Å². The van der Waals surface area contributed by atoms with Gasteiger partial charge >= 0.3 is 18.3 Å². The highest BCUT2D eigenvalue weighted by atomic mass is 35.5. The Kier molecular flexibility index (Phi) is 12.5. The molecule has 16 nitrogen and oxygen atoms in total. The largest absolute Gasteiger partial charge is 0.444 e. The first-order chi connectivity index (χ1) is 26.9. The van der Waals surface area contributed by atoms with Crippen LogP contribution in [-0.4, -0.2) is 106 Å². The van der Waals surface area contributed by atoms with Crippen LogP contribution in [0.4, 0.5) is 33.2 Å². The lowest BCUT2D eigenvalue weighted by molar-refractivity contribution is -0.0664. The lowest BCUT2D eigenvalue weighted by Crippen LogP contribution is -2.67. The topological polar surface area (TPSA) is 187 Å². The zero-order valence-electron chi connectivity index (χ0n) is 33.6. The molecular formula is C38H47ClF3N9O7. The van der Waals surface area contributed by atoms with Gasteiger partial charge in [0.25, 0.3) is 12.3 Å². The minimum Gasteiger partial charge on any atom is -0.444 e. The summed E-state index contributed by atoms with van der Waals surface area (Å²) < 4.78 is 60.7. The summed E-state index contributed by atoms with van der Waals surface area (Å²) in [7, 11) is 0. The van der Waals surface area contributed by atoms with Crippen molar-refractivity contribution in [2.45, 2.75) is 117 Å². The average molecular weight is 834 g/mol. The third kappa shape index (κ3) is 10.2. The van der Waals surface area contributed by atoms with Crippen LogP contribution in [0.3, 0.4) is 0 Å². The van der Waals surface area contributed by atoms with Crippen LogP contribution in [0, 0.1) is 5.82 Å². The second kappa shape index (κ2) is 16.5. The smallest absolute Gasteiger partial charge is 0.426 e. The maximum Gasteiger partial charge on any atom is 0.426 e. The predicted molar refractivity (Wildman–Crippen MR) is 206 cm³/mol. The van der Waals surface area contributed by atoms with Crippen LogP contribution in [0.2, 0.25) is 5.15 Å². The minimum absolute atomic E-state index is 0.00685. The Labute approximate surface area is 338 Å². The van der Waals surface area contributed by atoms with Gasteiger partial charge in [-0.25, -0.2) is 47.4 Å². The van der Waals surface area contributed by atoms with E-state index in [4.69, 9.17) is 25.8 Å². The molecule has 4 aromatic heterocycles. The summed E-state index contributed by atoms with van der Waals surface area (Å²) >= 11 is 6.00. The molecule has 314 valence electrons. The standard InChI is InChI=1S/C38H47ClF3N9O7/c1-35(2,3)51(34(55)58-37(7,8)9)33(54)56-31-26-30(44-19-45-31)50(20-46-26)17-21-15-24(23-12-11-22(40)28(39)47-23)43-16-25(21)49-14-10-13-38(18-49,27(52)29(41)42)48-32(53)57-36(4,5)6/h11-12,15-16,19-20,27,29,52H,10,13-14,17-18H2,1-9H3,(H,48,53). The maximum atomic E-state index is 14.3. The van der Waals surface area contributed by atoms with Crippen molar-refractivity contribution in [2.24, 2.45) is 0 Å². The first kappa shape index (κ1) is 43.8. The van der Waals surface area contributed by atoms with E-state index in [0.717, 1.165) is 17.3 Å². The van der Waals surface area contributed by atoms with Crippen LogP contribution in [-0.2, 0) is 16.0 Å². The molecule has 20 heteroatoms. The van der Waals surface area contributed by atoms with Crippen molar-refractivity contribution in [3.8, 4) is 17.3 Å². The number of piperidine rings is 1. The van der Waals surface area contributed by atoms with Crippen LogP contribution in [0.5, 0.6) is 5.88 Å². The fourth-order valence-electron chi connectivity index (χ4n) is 6.35. The van der Waals surface area contributed by atoms with E-state index in [2.05, 4.69) is 30.2 Å². The van der Waals surface area contributed by atoms with Crippen LogP contribution in [0.1, 0.15) is 80.7 Å². The highest BCUT2D eigenvalue weighted by Gasteiger charge is 2.48. The number of hydrogen-bond acceptors (Lipinski definition) is 13. The second-order valence-electron chi connectivity index (χ2n) is 16.8. The SMILES string of the molecule is CC(C)(C)OC(=O)NC1(C(O)C(F)F)CCCN(c2cnc(-c3ccc(F)c(Cl)n3)cc2Cn2cnc3c(OC(=O)N(C(=O)OC(C)(C)C)C(C)(C)C)ncnc32)C1. The molecule has 0 aromatic carbocycles. The number of ether oxygens (including phenoxy) is 3. The first-order valence-corrected chi connectivity index (χ1v) is 18.7. The molecular weight excluding hydrogens is 787 g/mol. The number of carbonyl (C=O) groups excluding carboxylic acids is 3. The number of alkyl carbamates (subject to hydrolysis) is 1. The summed E-state index contributed by atoms with van der Waals surface area (Å²) in [5.74, 6) is -0.984. The van der Waals surface area contributed by atoms with Crippen molar-refractivity contribution in [2.75, 3.05) is 18.0 Å². The monoisotopic (exact) mass is 833 g/mol. The van der Waals surface area contributed by atoms with Crippen LogP contribution in [0.25, 0.3) is 22.6 Å². The van der Waals surface area contributed by atoms with Crippen LogP contribution < -0.4 is 15.0 Å². The molecule has 1 fully saturated rings. The number of fused-ring (bicyclic) bond motifs is 1. The summed E-state index contributed by atoms with van der Waals surface area (Å²) in [5.41, 5.74) is -3.02. The molecule has 58 heavy (non-hydrogen) atoms. The van der Waals surface area contributed by atoms with E-state index in [-0.39, 0.29) is 59.5 Å². The van der Waals surface area contributed by atoms with E-state index in [1.807, 2.05) is 0 Å². The molecule has 2 N–H and O–H groups in total. The van der Waals surface area contributed by atoms with E-state index in [0.29, 0.717) is 17.8 Å². The number of amides is 3. The number of imidazole rings is 1. The molecule has 2 atom stereocenters. The maximum absolute atomic E-state index is 14.3. The molecule has 3 amide bonds. The van der Waals surface area contributed by atoms with E-state index >= 15 is 0 Å². The Bertz CT molecular complexity index is 2170. The van der Waals surface area contributed by atoms with Crippen LogP contribution in [0.15, 0.2) is 37.1 Å². The van der Waals surface area contributed by atoms with Gasteiger partial charge in [0, 0.05) is 18.6 Å². The number of aliphatic hydroxyl groups excluding tert-OH is 1. The molecule has 5 heterocycles. The predicted octanol–water partition coefficient (Wildman–Crippen LogP) is 7.15. The number of alkyl halides is 2. The van der Waals surface area contributed by atoms with Crippen molar-refractivity contribution in [3.05, 3.63) is 53.6 Å². The molecule has 0 bridgehead atoms. The van der Waals surface area contributed by atoms with Gasteiger partial charge in [0.2, 0.25) is 0 Å². The fraction of sp³-hybridized carbons (Fsp3) is 0.526. The van der Waals surface area contributed by atoms with Crippen molar-refractivity contribution in [3.63, 3.8) is 0 Å². The van der Waals surface area contributed by atoms with Gasteiger partial charge in [-0.2, -0.15) is 4.98 Å². The summed E-state index contributed by atoms with van der Waals surface area (Å²) in [6.07, 6.45) is -4.11. The van der Waals surface area contributed by atoms with Gasteiger partial charge in [0.15, 0.2) is 22.1 Å². The summed E-state index contributed by atoms with van der Waals surface area (Å²) in [6.45, 7) is 14.8. The van der Waals surface area contributed by atoms with Gasteiger partial charge in [-0.1, -0.05) is 11.6 Å². The molecule has 0 radical (unpaired) electrons. The highest BCUT2D eigenvalue weighted by Crippen LogP contribution is 2.35. The highest BCUT2D eigenvalue weighted by molar-refractivity contribution is 6.29. The first-order valence-electron chi connectivity index (χ1n) is 18.3. The normalized spacial score (nSPS) is 16.9. The van der Waals surface area contributed by atoms with E-state index in [1.165, 1.54) is 18.6 Å². The minimum atomic E-state index is -3.20. The molecule has 0 saturated carbocycles. The van der Waals surface area contributed by atoms with E-state index in [9.17, 15) is 32.7 Å². The molecule has 4 aromatic rings. The molecule has 0 aliphatic carbocycles. The lowest BCUT2D eigenvalue weighted by Gasteiger charge is -2.46. The van der Waals surface area contributed by atoms with Crippen molar-refractivity contribution in [1.29, 1.82) is 0 Å². The number of aliphatic hydroxyl groups is 1. The second-order valence-corrected chi connectivity index (χ2v) is 17.2. The summed E-state index contributed by atoms with van der Waals surface area (Å²) in [4.78, 5) is 63.7. The number of pyridine rings is 2. The molecule has 1 aliphatic rings. The van der Waals surface area contributed by atoms with Crippen molar-refractivity contribution < 1.29 is 46.9 Å². The number of rotatable bonds is 8. The molecule has 5 rings (SSSR count). The molecule has 1 saturated heterocycles. The quantitative estimate of drug-likeness (QED) is 0.171. The van der Waals surface area contributed by atoms with Gasteiger partial charge < -0.3 is 34.1 Å². The molecule has 2 unspecified atom stereocenters. The van der Waals surface area contributed by atoms with Crippen LogP contribution >= 0.6 is 11.6 Å². The average Bonchev–Trinajstić information content (AvgIpc) is 3.50. The molecule has 1 aliphatic heterocycles. The van der Waals surface area contributed by atoms with Gasteiger partial charge in [-0.15, -0.1) is 0 Å². The number of carbonyl (C=O) groups is 3. The molecule has 0 spiro atoms. The van der Waals surface area contributed by atoms with Gasteiger partial charge in [-0.05, 0) is 98.9 Å². The van der Waals surface area contributed by atoms with E-state index < -0.39 is 58.9 Å². The Morgan fingerprint density at radius 2 is 1.67 bits per heavy atom. The van der Waals surface area contributed by atoms with Gasteiger partial charge in [-0.3, -0.25) is 4.98 Å². The Hall–Kier alpha value is -5.30. The zero-order valence-corrected chi connectivity index (χ0v) is 34.4. The number of aromatic nitrogens is 6. The number of imide groups is 1. The third-order valence-electron chi connectivity index (χ3n) is 8.77. The summed E-state index contributed by atoms with van der Waals surface area (Å²) in [6, 6.07) is 4.17. The number of anilines is 1. The van der Waals surface area contributed by atoms with Gasteiger partial charge in [0.05, 0.1) is 41.7 Å². The zero-order chi connectivity index (χ0) is 43.0. The number of nitrogens with one attached hydrogen (secondary N) is 1. The Morgan fingerprint density at radius 1 is 0.983 bits per heavy atom. The number of halogens is 4. The van der Waals surface area contributed by atoms with Crippen molar-refractivity contribution >= 4 is 46.7 Å². The number of hydrogen-bond donors (Lipinski definition) is 2. The number of nitrogens with zero attached hydrogens (tertiary/aromatic N) is 8. The Morgan fingerprint density at radius 3 is 2.29 bits per heavy atom.